The molecular weight excluding hydrogens is 543 g/mol. The lowest BCUT2D eigenvalue weighted by Crippen LogP contribution is -3.00. The van der Waals surface area contributed by atoms with E-state index in [1.807, 2.05) is 60.7 Å². The summed E-state index contributed by atoms with van der Waals surface area (Å²) in [4.78, 5) is 35.5. The van der Waals surface area contributed by atoms with Crippen molar-refractivity contribution in [3.05, 3.63) is 96.1 Å². The minimum absolute atomic E-state index is 0. The van der Waals surface area contributed by atoms with Crippen LogP contribution in [0.2, 0.25) is 0 Å². The maximum atomic E-state index is 13.2. The number of hydrogen-bond acceptors (Lipinski definition) is 3. The van der Waals surface area contributed by atoms with Crippen LogP contribution >= 0.6 is 7.37 Å². The number of benzene rings is 3. The van der Waals surface area contributed by atoms with Crippen LogP contribution in [0.15, 0.2) is 84.9 Å². The molecule has 1 unspecified atom stereocenters. The molecule has 0 radical (unpaired) electrons. The van der Waals surface area contributed by atoms with Crippen molar-refractivity contribution in [1.82, 2.24) is 5.32 Å². The van der Waals surface area contributed by atoms with Gasteiger partial charge < -0.3 is 38.0 Å². The predicted molar refractivity (Wildman–Crippen MR) is 136 cm³/mol. The van der Waals surface area contributed by atoms with Crippen molar-refractivity contribution in [3.8, 4) is 11.1 Å². The molecule has 6 N–H and O–H groups in total. The first-order valence-electron chi connectivity index (χ1n) is 11.5. The first-order valence-corrected chi connectivity index (χ1v) is 13.4. The molecule has 9 heteroatoms. The van der Waals surface area contributed by atoms with E-state index in [4.69, 9.17) is 0 Å². The maximum absolute atomic E-state index is 13.2. The molecule has 0 aliphatic rings. The van der Waals surface area contributed by atoms with Crippen LogP contribution in [0.25, 0.3) is 11.1 Å². The molecule has 0 saturated heterocycles. The lowest BCUT2D eigenvalue weighted by atomic mass is 9.97. The Morgan fingerprint density at radius 3 is 1.89 bits per heavy atom. The molecule has 0 aromatic heterocycles. The lowest BCUT2D eigenvalue weighted by Gasteiger charge is -2.23. The van der Waals surface area contributed by atoms with Crippen LogP contribution in [0.5, 0.6) is 0 Å². The Balaban J connectivity index is 0.00000456. The topological polar surface area (TPSA) is 131 Å². The van der Waals surface area contributed by atoms with Crippen molar-refractivity contribution < 1.29 is 46.9 Å². The second-order valence-electron chi connectivity index (χ2n) is 8.84. The summed E-state index contributed by atoms with van der Waals surface area (Å²) < 4.78 is 12.8. The van der Waals surface area contributed by atoms with Crippen molar-refractivity contribution >= 4 is 19.2 Å². The summed E-state index contributed by atoms with van der Waals surface area (Å²) in [6, 6.07) is 25.4. The number of nitrogens with one attached hydrogen (secondary N) is 1. The molecule has 0 saturated carbocycles. The average molecular weight is 575 g/mol. The second kappa shape index (κ2) is 13.5. The van der Waals surface area contributed by atoms with E-state index in [0.717, 1.165) is 22.3 Å². The van der Waals surface area contributed by atoms with Gasteiger partial charge in [0, 0.05) is 12.6 Å². The van der Waals surface area contributed by atoms with Crippen molar-refractivity contribution in [2.45, 2.75) is 31.6 Å². The van der Waals surface area contributed by atoms with Crippen molar-refractivity contribution in [1.29, 1.82) is 0 Å². The SMILES string of the molecule is C[C@H]([NH3+])P(=O)(O)C[C@H](Cc1ccc(-c2ccccc2)cc1)C(=O)N[C@@H](Cc1ccccc1)C(=O)O.[Br-]. The first kappa shape index (κ1) is 29.5. The van der Waals surface area contributed by atoms with E-state index in [2.05, 4.69) is 11.1 Å². The molecule has 0 aliphatic carbocycles. The summed E-state index contributed by atoms with van der Waals surface area (Å²) >= 11 is 0. The molecule has 3 aromatic rings. The number of amides is 1. The number of aliphatic carboxylic acids is 1. The molecule has 0 heterocycles. The Kier molecular flexibility index (Phi) is 11.1. The summed E-state index contributed by atoms with van der Waals surface area (Å²) in [5.41, 5.74) is 7.34. The summed E-state index contributed by atoms with van der Waals surface area (Å²) in [5, 5.41) is 12.3. The molecule has 0 fully saturated rings. The maximum Gasteiger partial charge on any atom is 0.326 e. The molecule has 4 atom stereocenters. The van der Waals surface area contributed by atoms with Crippen molar-refractivity contribution in [2.24, 2.45) is 5.92 Å². The number of halogens is 1. The number of rotatable bonds is 11. The number of carboxylic acids is 1. The van der Waals surface area contributed by atoms with Gasteiger partial charge in [0.15, 0.2) is 5.78 Å². The highest BCUT2D eigenvalue weighted by Gasteiger charge is 2.35. The number of hydrogen-bond donors (Lipinski definition) is 4. The third-order valence-electron chi connectivity index (χ3n) is 5.98. The minimum atomic E-state index is -3.72. The van der Waals surface area contributed by atoms with E-state index in [0.29, 0.717) is 0 Å². The van der Waals surface area contributed by atoms with Crippen LogP contribution in [-0.4, -0.2) is 39.9 Å². The van der Waals surface area contributed by atoms with E-state index in [9.17, 15) is 24.2 Å². The van der Waals surface area contributed by atoms with Gasteiger partial charge in [-0.25, -0.2) is 4.79 Å². The predicted octanol–water partition coefficient (Wildman–Crippen LogP) is 0.187. The normalized spacial score (nSPS) is 15.0. The minimum Gasteiger partial charge on any atom is -1.00 e. The van der Waals surface area contributed by atoms with Crippen LogP contribution < -0.4 is 28.0 Å². The van der Waals surface area contributed by atoms with Crippen LogP contribution in [0.4, 0.5) is 0 Å². The quantitative estimate of drug-likeness (QED) is 0.243. The Morgan fingerprint density at radius 1 is 0.861 bits per heavy atom. The molecule has 3 rings (SSSR count). The Bertz CT molecular complexity index is 1170. The lowest BCUT2D eigenvalue weighted by molar-refractivity contribution is -0.385. The summed E-state index contributed by atoms with van der Waals surface area (Å²) in [6.45, 7) is 1.54. The van der Waals surface area contributed by atoms with Crippen molar-refractivity contribution in [3.63, 3.8) is 0 Å². The standard InChI is InChI=1S/C27H31N2O5P.BrH/c1-19(28)35(33,34)18-24(16-21-12-14-23(15-13-21)22-10-6-3-7-11-22)26(30)29-25(27(31)32)17-20-8-4-2-5-9-20;/h2-15,19,24-25H,16-18,28H2,1H3,(H,29,30)(H,31,32)(H,33,34);1H/t19-,24+,25+;/m1./s1. The van der Waals surface area contributed by atoms with Crippen LogP contribution in [-0.2, 0) is 27.0 Å². The molecule has 36 heavy (non-hydrogen) atoms. The van der Waals surface area contributed by atoms with Gasteiger partial charge in [0.05, 0.1) is 5.92 Å². The fourth-order valence-corrected chi connectivity index (χ4v) is 5.11. The molecule has 0 bridgehead atoms. The van der Waals surface area contributed by atoms with Gasteiger partial charge in [0.25, 0.3) is 7.37 Å². The molecule has 7 nitrogen and oxygen atoms in total. The third-order valence-corrected chi connectivity index (χ3v) is 8.32. The number of carbonyl (C=O) groups is 2. The fourth-order valence-electron chi connectivity index (χ4n) is 3.82. The van der Waals surface area contributed by atoms with Gasteiger partial charge in [-0.05, 0) is 35.6 Å². The van der Waals surface area contributed by atoms with Gasteiger partial charge in [0.2, 0.25) is 5.91 Å². The average Bonchev–Trinajstić information content (AvgIpc) is 2.84. The van der Waals surface area contributed by atoms with E-state index in [-0.39, 0.29) is 36.0 Å². The zero-order chi connectivity index (χ0) is 25.4. The zero-order valence-corrected chi connectivity index (χ0v) is 22.6. The number of quaternary nitrogens is 1. The Hall–Kier alpha value is -2.77. The summed E-state index contributed by atoms with van der Waals surface area (Å²) in [6.07, 6.45) is 0.0421. The molecular formula is C27H32BrN2O5P. The van der Waals surface area contributed by atoms with Gasteiger partial charge in [-0.15, -0.1) is 0 Å². The number of carbonyl (C=O) groups excluding carboxylic acids is 1. The van der Waals surface area contributed by atoms with E-state index >= 15 is 0 Å². The van der Waals surface area contributed by atoms with Crippen molar-refractivity contribution in [2.75, 3.05) is 6.16 Å². The molecule has 3 aromatic carbocycles. The highest BCUT2D eigenvalue weighted by atomic mass is 79.9. The second-order valence-corrected chi connectivity index (χ2v) is 11.6. The Labute approximate surface area is 222 Å². The Morgan fingerprint density at radius 2 is 1.36 bits per heavy atom. The molecule has 0 aliphatic heterocycles. The fraction of sp³-hybridized carbons (Fsp3) is 0.259. The third kappa shape index (κ3) is 8.42. The van der Waals surface area contributed by atoms with E-state index in [1.54, 1.807) is 31.2 Å². The van der Waals surface area contributed by atoms with E-state index < -0.39 is 37.0 Å². The van der Waals surface area contributed by atoms with Crippen LogP contribution in [0.3, 0.4) is 0 Å². The van der Waals surface area contributed by atoms with Gasteiger partial charge in [-0.3, -0.25) is 9.36 Å². The van der Waals surface area contributed by atoms with Gasteiger partial charge >= 0.3 is 5.97 Å². The van der Waals surface area contributed by atoms with Gasteiger partial charge in [-0.2, -0.15) is 0 Å². The number of carboxylic acid groups (broad SMARTS) is 1. The zero-order valence-electron chi connectivity index (χ0n) is 20.1. The largest absolute Gasteiger partial charge is 1.00 e. The summed E-state index contributed by atoms with van der Waals surface area (Å²) in [7, 11) is -3.72. The highest BCUT2D eigenvalue weighted by molar-refractivity contribution is 7.58. The van der Waals surface area contributed by atoms with Crippen LogP contribution in [0.1, 0.15) is 18.1 Å². The first-order chi connectivity index (χ1) is 16.7. The van der Waals surface area contributed by atoms with Gasteiger partial charge in [-0.1, -0.05) is 84.9 Å². The van der Waals surface area contributed by atoms with Gasteiger partial charge in [0.1, 0.15) is 6.04 Å². The van der Waals surface area contributed by atoms with Crippen LogP contribution in [0, 0.1) is 5.92 Å². The van der Waals surface area contributed by atoms with E-state index in [1.165, 1.54) is 0 Å². The highest BCUT2D eigenvalue weighted by Crippen LogP contribution is 2.45. The monoisotopic (exact) mass is 574 g/mol. The molecule has 192 valence electrons. The molecule has 0 spiro atoms. The molecule has 1 amide bonds. The smallest absolute Gasteiger partial charge is 0.326 e. The summed E-state index contributed by atoms with van der Waals surface area (Å²) in [5.74, 6) is -3.35.